The van der Waals surface area contributed by atoms with Crippen molar-refractivity contribution in [3.05, 3.63) is 0 Å². The molecule has 1 saturated heterocycles. The third-order valence-corrected chi connectivity index (χ3v) is 12.2. The highest BCUT2D eigenvalue weighted by Crippen LogP contribution is 2.37. The van der Waals surface area contributed by atoms with Crippen LogP contribution in [0.15, 0.2) is 0 Å². The Bertz CT molecular complexity index is 1140. The molecule has 0 radical (unpaired) electrons. The van der Waals surface area contributed by atoms with Gasteiger partial charge in [-0.3, -0.25) is 24.9 Å². The minimum Gasteiger partial charge on any atom is -0.481 e. The SMILES string of the molecule is CCCCCCCCCCCCCCCCCCN(C(=O)CCCCCCCCCCC)[C@]1(N)O[C@H](CO)[C@@H](O)[C@H](O)[C@H]1C(=O)[C@H](CC(C)C)NC(=O)CCCCC(=O)O. The third-order valence-electron chi connectivity index (χ3n) is 12.2. The predicted molar refractivity (Wildman–Crippen MR) is 240 cm³/mol. The summed E-state index contributed by atoms with van der Waals surface area (Å²) in [4.78, 5) is 54.3. The van der Waals surface area contributed by atoms with E-state index in [-0.39, 0.29) is 44.1 Å². The highest BCUT2D eigenvalue weighted by Gasteiger charge is 2.59. The van der Waals surface area contributed by atoms with Crippen molar-refractivity contribution < 1.29 is 44.3 Å². The number of carbonyl (C=O) groups is 4. The second kappa shape index (κ2) is 34.4. The number of unbranched alkanes of at least 4 members (excludes halogenated alkanes) is 24. The minimum atomic E-state index is -2.20. The van der Waals surface area contributed by atoms with Crippen molar-refractivity contribution in [2.75, 3.05) is 13.2 Å². The fourth-order valence-corrected chi connectivity index (χ4v) is 8.59. The van der Waals surface area contributed by atoms with Crippen molar-refractivity contribution in [2.45, 2.75) is 257 Å². The Morgan fingerprint density at radius 1 is 0.633 bits per heavy atom. The predicted octanol–water partition coefficient (Wildman–Crippen LogP) is 9.08. The van der Waals surface area contributed by atoms with Crippen LogP contribution in [0.5, 0.6) is 0 Å². The summed E-state index contributed by atoms with van der Waals surface area (Å²) in [6.07, 6.45) is 24.9. The number of aliphatic carboxylic acids is 1. The van der Waals surface area contributed by atoms with Crippen LogP contribution in [0.4, 0.5) is 0 Å². The zero-order valence-electron chi connectivity index (χ0n) is 38.7. The molecule has 0 aromatic rings. The van der Waals surface area contributed by atoms with Crippen molar-refractivity contribution in [2.24, 2.45) is 17.6 Å². The van der Waals surface area contributed by atoms with Crippen molar-refractivity contribution in [1.29, 1.82) is 0 Å². The largest absolute Gasteiger partial charge is 0.481 e. The molecule has 6 atom stereocenters. The van der Waals surface area contributed by atoms with Gasteiger partial charge in [0.15, 0.2) is 5.78 Å². The van der Waals surface area contributed by atoms with E-state index < -0.39 is 60.4 Å². The number of aliphatic hydroxyl groups excluding tert-OH is 3. The summed E-state index contributed by atoms with van der Waals surface area (Å²) < 4.78 is 6.19. The van der Waals surface area contributed by atoms with Gasteiger partial charge in [0.25, 0.3) is 0 Å². The number of hydrogen-bond acceptors (Lipinski definition) is 9. The van der Waals surface area contributed by atoms with E-state index in [1.807, 2.05) is 13.8 Å². The molecule has 0 unspecified atom stereocenters. The fraction of sp³-hybridized carbons (Fsp3) is 0.917. The van der Waals surface area contributed by atoms with Gasteiger partial charge < -0.3 is 35.4 Å². The molecule has 1 fully saturated rings. The maximum Gasteiger partial charge on any atom is 0.303 e. The summed E-state index contributed by atoms with van der Waals surface area (Å²) in [5.41, 5.74) is 7.08. The van der Waals surface area contributed by atoms with Gasteiger partial charge in [-0.1, -0.05) is 175 Å². The molecule has 1 aliphatic rings. The number of carbonyl (C=O) groups excluding carboxylic acids is 3. The van der Waals surface area contributed by atoms with Crippen molar-refractivity contribution in [3.63, 3.8) is 0 Å². The quantitative estimate of drug-likeness (QED) is 0.0256. The van der Waals surface area contributed by atoms with E-state index in [4.69, 9.17) is 15.6 Å². The summed E-state index contributed by atoms with van der Waals surface area (Å²) in [6, 6.07) is -1.12. The third kappa shape index (κ3) is 23.4. The van der Waals surface area contributed by atoms with Gasteiger partial charge in [0.1, 0.15) is 18.1 Å². The summed E-state index contributed by atoms with van der Waals surface area (Å²) in [5, 5.41) is 44.7. The lowest BCUT2D eigenvalue weighted by Gasteiger charge is -2.53. The first-order valence-corrected chi connectivity index (χ1v) is 24.6. The Labute approximate surface area is 364 Å². The first kappa shape index (κ1) is 55.9. The molecule has 0 aromatic heterocycles. The van der Waals surface area contributed by atoms with Gasteiger partial charge >= 0.3 is 5.97 Å². The van der Waals surface area contributed by atoms with Crippen molar-refractivity contribution in [3.8, 4) is 0 Å². The lowest BCUT2D eigenvalue weighted by atomic mass is 9.79. The molecule has 352 valence electrons. The molecule has 1 rings (SSSR count). The zero-order chi connectivity index (χ0) is 44.6. The van der Waals surface area contributed by atoms with Crippen LogP contribution < -0.4 is 11.1 Å². The number of Topliss-reactive ketones (excluding diaryl/α,β-unsaturated/α-hetero) is 1. The van der Waals surface area contributed by atoms with Crippen LogP contribution in [0.3, 0.4) is 0 Å². The Morgan fingerprint density at radius 2 is 1.05 bits per heavy atom. The van der Waals surface area contributed by atoms with E-state index in [2.05, 4.69) is 19.2 Å². The average Bonchev–Trinajstić information content (AvgIpc) is 3.20. The number of ketones is 1. The van der Waals surface area contributed by atoms with Gasteiger partial charge in [0.05, 0.1) is 18.8 Å². The van der Waals surface area contributed by atoms with Crippen LogP contribution in [0.2, 0.25) is 0 Å². The first-order valence-electron chi connectivity index (χ1n) is 24.6. The van der Waals surface area contributed by atoms with Crippen LogP contribution in [0, 0.1) is 11.8 Å². The standard InChI is InChI=1S/C48H91N3O9/c1-5-7-9-11-13-15-16-17-18-19-20-21-23-25-27-31-35-51(42(54)33-28-26-24-22-14-12-10-8-6-2)48(49)44(47(59)46(58)40(37-52)60-48)45(57)39(36-38(3)4)50-41(53)32-29-30-34-43(55)56/h38-40,44,46-47,52,58-59H,5-37,49H2,1-4H3,(H,50,53)(H,55,56)/t39-,40+,44+,46+,47+,48-/m0/s1. The molecule has 0 saturated carbocycles. The molecule has 60 heavy (non-hydrogen) atoms. The topological polar surface area (TPSA) is 200 Å². The molecule has 12 heteroatoms. The number of rotatable bonds is 39. The second-order valence-corrected chi connectivity index (χ2v) is 18.2. The maximum atomic E-state index is 14.6. The number of nitrogens with zero attached hydrogens (tertiary/aromatic N) is 1. The van der Waals surface area contributed by atoms with E-state index in [9.17, 15) is 34.5 Å². The summed E-state index contributed by atoms with van der Waals surface area (Å²) in [5.74, 6) is -6.28. The molecule has 7 N–H and O–H groups in total. The summed E-state index contributed by atoms with van der Waals surface area (Å²) in [7, 11) is 0. The van der Waals surface area contributed by atoms with Crippen LogP contribution in [-0.4, -0.2) is 92.2 Å². The van der Waals surface area contributed by atoms with Crippen LogP contribution >= 0.6 is 0 Å². The molecule has 0 aromatic carbocycles. The highest BCUT2D eigenvalue weighted by molar-refractivity contribution is 5.92. The number of ether oxygens (including phenoxy) is 1. The smallest absolute Gasteiger partial charge is 0.303 e. The molecule has 1 heterocycles. The zero-order valence-corrected chi connectivity index (χ0v) is 38.7. The monoisotopic (exact) mass is 854 g/mol. The van der Waals surface area contributed by atoms with E-state index in [0.29, 0.717) is 25.7 Å². The molecular weight excluding hydrogens is 763 g/mol. The number of carboxylic acid groups (broad SMARTS) is 1. The Kier molecular flexibility index (Phi) is 32.0. The van der Waals surface area contributed by atoms with E-state index in [0.717, 1.165) is 44.9 Å². The van der Waals surface area contributed by atoms with Crippen LogP contribution in [0.1, 0.15) is 227 Å². The molecule has 12 nitrogen and oxygen atoms in total. The number of amides is 2. The summed E-state index contributed by atoms with van der Waals surface area (Å²) >= 11 is 0. The molecule has 0 aliphatic carbocycles. The van der Waals surface area contributed by atoms with Crippen molar-refractivity contribution in [1.82, 2.24) is 10.2 Å². The van der Waals surface area contributed by atoms with Crippen LogP contribution in [0.25, 0.3) is 0 Å². The first-order chi connectivity index (χ1) is 28.8. The van der Waals surface area contributed by atoms with Gasteiger partial charge in [0, 0.05) is 25.8 Å². The summed E-state index contributed by atoms with van der Waals surface area (Å²) in [6.45, 7) is 7.70. The second-order valence-electron chi connectivity index (χ2n) is 18.2. The number of nitrogens with one attached hydrogen (secondary N) is 1. The highest BCUT2D eigenvalue weighted by atomic mass is 16.6. The number of hydrogen-bond donors (Lipinski definition) is 6. The molecule has 0 spiro atoms. The Hall–Kier alpha value is -2.12. The lowest BCUT2D eigenvalue weighted by molar-refractivity contribution is -0.292. The van der Waals surface area contributed by atoms with E-state index >= 15 is 0 Å². The van der Waals surface area contributed by atoms with Gasteiger partial charge in [0.2, 0.25) is 17.7 Å². The minimum absolute atomic E-state index is 0.00442. The molecular formula is C48H91N3O9. The molecule has 0 bridgehead atoms. The number of nitrogens with two attached hydrogens (primary N) is 1. The van der Waals surface area contributed by atoms with E-state index in [1.54, 1.807) is 0 Å². The van der Waals surface area contributed by atoms with Gasteiger partial charge in [-0.2, -0.15) is 0 Å². The van der Waals surface area contributed by atoms with Crippen molar-refractivity contribution >= 4 is 23.6 Å². The van der Waals surface area contributed by atoms with Gasteiger partial charge in [-0.25, -0.2) is 0 Å². The lowest BCUT2D eigenvalue weighted by Crippen LogP contribution is -2.76. The van der Waals surface area contributed by atoms with Crippen LogP contribution in [-0.2, 0) is 23.9 Å². The van der Waals surface area contributed by atoms with Gasteiger partial charge in [-0.05, 0) is 38.0 Å². The van der Waals surface area contributed by atoms with Gasteiger partial charge in [-0.15, -0.1) is 0 Å². The fourth-order valence-electron chi connectivity index (χ4n) is 8.59. The normalized spacial score (nSPS) is 20.9. The molecule has 1 aliphatic heterocycles. The van der Waals surface area contributed by atoms with E-state index in [1.165, 1.54) is 108 Å². The Morgan fingerprint density at radius 3 is 1.48 bits per heavy atom. The average molecular weight is 854 g/mol. The number of carboxylic acids is 1. The maximum absolute atomic E-state index is 14.6. The molecule has 2 amide bonds. The number of aliphatic hydroxyl groups is 3. The Balaban J connectivity index is 3.08.